The molecular formula is C21H33ClFN3O5. The fraction of sp³-hybridized carbons (Fsp3) is 0.905. The van der Waals surface area contributed by atoms with Crippen LogP contribution >= 0.6 is 11.6 Å². The van der Waals surface area contributed by atoms with Crippen LogP contribution in [0.5, 0.6) is 0 Å². The van der Waals surface area contributed by atoms with Gasteiger partial charge in [0.05, 0.1) is 23.1 Å². The number of carbonyl (C=O) groups excluding carboxylic acids is 2. The van der Waals surface area contributed by atoms with Gasteiger partial charge in [-0.1, -0.05) is 0 Å². The van der Waals surface area contributed by atoms with Gasteiger partial charge in [-0.15, -0.1) is 11.6 Å². The molecule has 176 valence electrons. The van der Waals surface area contributed by atoms with Gasteiger partial charge in [-0.05, 0) is 58.3 Å². The fourth-order valence-corrected chi connectivity index (χ4v) is 5.81. The average Bonchev–Trinajstić information content (AvgIpc) is 3.17. The van der Waals surface area contributed by atoms with Gasteiger partial charge < -0.3 is 20.5 Å². The summed E-state index contributed by atoms with van der Waals surface area (Å²) in [7, 11) is 0. The molecule has 4 N–H and O–H groups in total. The lowest BCUT2D eigenvalue weighted by molar-refractivity contribution is -0.144. The van der Waals surface area contributed by atoms with Crippen LogP contribution in [-0.4, -0.2) is 70.5 Å². The highest BCUT2D eigenvalue weighted by atomic mass is 35.5. The molecule has 4 aliphatic carbocycles. The Bertz CT molecular complexity index is 690. The molecule has 0 aromatic heterocycles. The van der Waals surface area contributed by atoms with E-state index >= 15 is 0 Å². The summed E-state index contributed by atoms with van der Waals surface area (Å²) in [5, 5.41) is 16.4. The van der Waals surface area contributed by atoms with E-state index in [-0.39, 0.29) is 30.6 Å². The van der Waals surface area contributed by atoms with Crippen LogP contribution in [-0.2, 0) is 19.2 Å². The summed E-state index contributed by atoms with van der Waals surface area (Å²) in [5.74, 6) is -0.443. The molecule has 2 bridgehead atoms. The molecule has 1 saturated heterocycles. The first-order chi connectivity index (χ1) is 14.7. The van der Waals surface area contributed by atoms with Gasteiger partial charge in [-0.3, -0.25) is 14.4 Å². The molecule has 0 aromatic carbocycles. The van der Waals surface area contributed by atoms with Crippen LogP contribution in [0, 0.1) is 0 Å². The molecule has 0 radical (unpaired) electrons. The third-order valence-corrected chi connectivity index (χ3v) is 7.92. The van der Waals surface area contributed by atoms with Crippen molar-refractivity contribution in [2.24, 2.45) is 0 Å². The lowest BCUT2D eigenvalue weighted by Crippen LogP contribution is -2.70. The molecule has 4 saturated carbocycles. The number of halogens is 2. The Morgan fingerprint density at radius 3 is 2.58 bits per heavy atom. The van der Waals surface area contributed by atoms with Gasteiger partial charge in [0, 0.05) is 18.0 Å². The van der Waals surface area contributed by atoms with Crippen molar-refractivity contribution in [1.29, 1.82) is 0 Å². The van der Waals surface area contributed by atoms with E-state index in [2.05, 4.69) is 16.1 Å². The van der Waals surface area contributed by atoms with Crippen LogP contribution in [0.2, 0.25) is 0 Å². The van der Waals surface area contributed by atoms with E-state index in [9.17, 15) is 19.1 Å². The first kappa shape index (κ1) is 23.2. The summed E-state index contributed by atoms with van der Waals surface area (Å²) in [6.07, 6.45) is 2.30. The largest absolute Gasteiger partial charge is 0.391 e. The van der Waals surface area contributed by atoms with E-state index in [0.717, 1.165) is 0 Å². The second kappa shape index (κ2) is 9.09. The van der Waals surface area contributed by atoms with Crippen molar-refractivity contribution < 1.29 is 28.7 Å². The minimum atomic E-state index is -1.02. The topological polar surface area (TPSA) is 109 Å². The number of alkyl halides is 2. The maximum atomic E-state index is 13.5. The van der Waals surface area contributed by atoms with Gasteiger partial charge in [-0.25, -0.2) is 4.39 Å². The molecule has 5 rings (SSSR count). The molecule has 5 fully saturated rings. The lowest BCUT2D eigenvalue weighted by atomic mass is 9.60. The van der Waals surface area contributed by atoms with Crippen LogP contribution in [0.3, 0.4) is 0 Å². The van der Waals surface area contributed by atoms with Crippen molar-refractivity contribution >= 4 is 23.4 Å². The number of ether oxygens (including phenoxy) is 1. The molecule has 5 unspecified atom stereocenters. The Labute approximate surface area is 186 Å². The van der Waals surface area contributed by atoms with E-state index in [1.165, 1.54) is 0 Å². The van der Waals surface area contributed by atoms with Gasteiger partial charge in [0.2, 0.25) is 5.91 Å². The van der Waals surface area contributed by atoms with Crippen molar-refractivity contribution in [2.45, 2.75) is 112 Å². The van der Waals surface area contributed by atoms with E-state index in [1.54, 1.807) is 0 Å². The molecule has 2 amide bonds. The first-order valence-electron chi connectivity index (χ1n) is 11.3. The minimum absolute atomic E-state index is 0.129. The third-order valence-electron chi connectivity index (χ3n) is 7.46. The molecule has 1 heterocycles. The molecule has 8 nitrogen and oxygen atoms in total. The van der Waals surface area contributed by atoms with Crippen LogP contribution in [0.4, 0.5) is 4.39 Å². The average molecular weight is 462 g/mol. The minimum Gasteiger partial charge on any atom is -0.391 e. The van der Waals surface area contributed by atoms with Crippen molar-refractivity contribution in [1.82, 2.24) is 16.1 Å². The summed E-state index contributed by atoms with van der Waals surface area (Å²) in [4.78, 5) is 30.5. The maximum Gasteiger partial charge on any atom is 0.251 e. The normalized spacial score (nSPS) is 44.8. The van der Waals surface area contributed by atoms with Crippen molar-refractivity contribution in [3.05, 3.63) is 0 Å². The number of carbonyl (C=O) groups is 2. The quantitative estimate of drug-likeness (QED) is 0.443. The number of fused-ring (bicyclic) bond motifs is 3. The SMILES string of the molecule is CC1CC(C(=O)NC23CCC(NC(=O)COC4CCC(F)C(Cl)C4)(CC2)[C@@H](O)C3)ON1. The smallest absolute Gasteiger partial charge is 0.251 e. The number of hydrogen-bond acceptors (Lipinski definition) is 6. The summed E-state index contributed by atoms with van der Waals surface area (Å²) in [5.41, 5.74) is 1.65. The highest BCUT2D eigenvalue weighted by Crippen LogP contribution is 2.47. The zero-order chi connectivity index (χ0) is 22.2. The van der Waals surface area contributed by atoms with Crippen LogP contribution in [0.25, 0.3) is 0 Å². The van der Waals surface area contributed by atoms with Crippen LogP contribution in [0.15, 0.2) is 0 Å². The Morgan fingerprint density at radius 2 is 1.97 bits per heavy atom. The van der Waals surface area contributed by atoms with E-state index < -0.39 is 34.8 Å². The Morgan fingerprint density at radius 1 is 1.23 bits per heavy atom. The van der Waals surface area contributed by atoms with Gasteiger partial charge in [0.1, 0.15) is 12.8 Å². The van der Waals surface area contributed by atoms with Gasteiger partial charge in [0.15, 0.2) is 6.10 Å². The second-order valence-corrected chi connectivity index (χ2v) is 10.4. The Hall–Kier alpha value is -1.00. The number of hydroxylamine groups is 1. The molecular weight excluding hydrogens is 429 g/mol. The number of aliphatic hydroxyl groups excluding tert-OH is 1. The van der Waals surface area contributed by atoms with Gasteiger partial charge in [-0.2, -0.15) is 5.48 Å². The summed E-state index contributed by atoms with van der Waals surface area (Å²) < 4.78 is 19.1. The summed E-state index contributed by atoms with van der Waals surface area (Å²) in [6.45, 7) is 1.82. The van der Waals surface area contributed by atoms with E-state index in [4.69, 9.17) is 21.2 Å². The van der Waals surface area contributed by atoms with Crippen molar-refractivity contribution in [2.75, 3.05) is 6.61 Å². The number of hydrogen-bond donors (Lipinski definition) is 4. The Balaban J connectivity index is 1.26. The van der Waals surface area contributed by atoms with Crippen molar-refractivity contribution in [3.63, 3.8) is 0 Å². The number of amides is 2. The summed E-state index contributed by atoms with van der Waals surface area (Å²) >= 11 is 5.97. The maximum absolute atomic E-state index is 13.5. The molecule has 5 aliphatic rings. The molecule has 31 heavy (non-hydrogen) atoms. The van der Waals surface area contributed by atoms with Crippen LogP contribution in [0.1, 0.15) is 64.7 Å². The molecule has 10 heteroatoms. The predicted molar refractivity (Wildman–Crippen MR) is 111 cm³/mol. The lowest BCUT2D eigenvalue weighted by Gasteiger charge is -2.56. The van der Waals surface area contributed by atoms with Gasteiger partial charge in [0.25, 0.3) is 5.91 Å². The Kier molecular flexibility index (Phi) is 6.80. The van der Waals surface area contributed by atoms with E-state index in [0.29, 0.717) is 57.8 Å². The predicted octanol–water partition coefficient (Wildman–Crippen LogP) is 1.23. The zero-order valence-corrected chi connectivity index (χ0v) is 18.6. The highest BCUT2D eigenvalue weighted by Gasteiger charge is 2.55. The number of aliphatic hydroxyl groups is 1. The monoisotopic (exact) mass is 461 g/mol. The van der Waals surface area contributed by atoms with Crippen LogP contribution < -0.4 is 16.1 Å². The number of rotatable bonds is 6. The standard InChI is InChI=1S/C21H33ClFN3O5/c1-12-8-16(31-26-12)19(29)25-20-4-6-21(7-5-20,17(27)10-20)24-18(28)11-30-13-2-3-15(23)14(22)9-13/h12-17,26-27H,2-11H2,1H3,(H,24,28)(H,25,29)/t12?,13?,14?,15?,16?,17-,20?,21?/m0/s1. The first-order valence-corrected chi connectivity index (χ1v) is 11.8. The molecule has 1 aliphatic heterocycles. The summed E-state index contributed by atoms with van der Waals surface area (Å²) in [6, 6.07) is 0.129. The fourth-order valence-electron chi connectivity index (χ4n) is 5.48. The molecule has 0 spiro atoms. The highest BCUT2D eigenvalue weighted by molar-refractivity contribution is 6.21. The van der Waals surface area contributed by atoms with E-state index in [1.807, 2.05) is 6.92 Å². The zero-order valence-electron chi connectivity index (χ0n) is 17.9. The molecule has 6 atom stereocenters. The molecule has 0 aromatic rings. The number of nitrogens with one attached hydrogen (secondary N) is 3. The van der Waals surface area contributed by atoms with Gasteiger partial charge >= 0.3 is 0 Å². The second-order valence-electron chi connectivity index (χ2n) is 9.83. The van der Waals surface area contributed by atoms with Crippen molar-refractivity contribution in [3.8, 4) is 0 Å². The third kappa shape index (κ3) is 5.00.